The summed E-state index contributed by atoms with van der Waals surface area (Å²) >= 11 is 0. The molecule has 2 heterocycles. The topological polar surface area (TPSA) is 74.1 Å². The van der Waals surface area contributed by atoms with Crippen molar-refractivity contribution in [3.8, 4) is 5.69 Å². The highest BCUT2D eigenvalue weighted by Gasteiger charge is 2.12. The third-order valence-electron chi connectivity index (χ3n) is 3.22. The van der Waals surface area contributed by atoms with Crippen molar-refractivity contribution in [2.24, 2.45) is 0 Å². The van der Waals surface area contributed by atoms with Gasteiger partial charge < -0.3 is 4.74 Å². The number of pyridine rings is 1. The Kier molecular flexibility index (Phi) is 3.42. The molecular formula is C16H13N3O3. The molecule has 6 nitrogen and oxygen atoms in total. The molecule has 0 fully saturated rings. The first-order chi connectivity index (χ1) is 10.6. The molecule has 0 aliphatic rings. The van der Waals surface area contributed by atoms with Crippen molar-refractivity contribution in [1.29, 1.82) is 0 Å². The summed E-state index contributed by atoms with van der Waals surface area (Å²) in [4.78, 5) is 31.0. The normalized spacial score (nSPS) is 10.6. The zero-order chi connectivity index (χ0) is 15.7. The first-order valence-electron chi connectivity index (χ1n) is 6.68. The average molecular weight is 295 g/mol. The summed E-state index contributed by atoms with van der Waals surface area (Å²) in [5.41, 5.74) is 2.93. The third kappa shape index (κ3) is 2.46. The highest BCUT2D eigenvalue weighted by Crippen LogP contribution is 2.20. The molecule has 0 saturated heterocycles. The van der Waals surface area contributed by atoms with Gasteiger partial charge in [0.1, 0.15) is 11.3 Å². The van der Waals surface area contributed by atoms with Gasteiger partial charge in [0.05, 0.1) is 17.3 Å². The molecule has 110 valence electrons. The second kappa shape index (κ2) is 5.40. The molecule has 0 aliphatic carbocycles. The predicted molar refractivity (Wildman–Crippen MR) is 79.7 cm³/mol. The fraction of sp³-hybridized carbons (Fsp3) is 0.125. The molecule has 3 aromatic rings. The first-order valence-corrected chi connectivity index (χ1v) is 6.68. The van der Waals surface area contributed by atoms with Crippen molar-refractivity contribution in [3.05, 3.63) is 54.1 Å². The minimum absolute atomic E-state index is 0.322. The van der Waals surface area contributed by atoms with Crippen LogP contribution < -0.4 is 0 Å². The van der Waals surface area contributed by atoms with Crippen LogP contribution in [0, 0.1) is 6.92 Å². The third-order valence-corrected chi connectivity index (χ3v) is 3.22. The summed E-state index contributed by atoms with van der Waals surface area (Å²) in [7, 11) is 0. The molecule has 1 aromatic carbocycles. The van der Waals surface area contributed by atoms with E-state index in [1.54, 1.807) is 36.7 Å². The van der Waals surface area contributed by atoms with Crippen LogP contribution in [0.3, 0.4) is 0 Å². The van der Waals surface area contributed by atoms with Crippen LogP contribution in [0.1, 0.15) is 23.1 Å². The highest BCUT2D eigenvalue weighted by atomic mass is 16.6. The number of nitrogens with zero attached hydrogens (tertiary/aromatic N) is 3. The fourth-order valence-corrected chi connectivity index (χ4v) is 2.31. The minimum atomic E-state index is -0.657. The molecular weight excluding hydrogens is 282 g/mol. The quantitative estimate of drug-likeness (QED) is 0.536. The Morgan fingerprint density at radius 2 is 1.86 bits per heavy atom. The molecule has 0 spiro atoms. The molecule has 0 bridgehead atoms. The van der Waals surface area contributed by atoms with Crippen molar-refractivity contribution < 1.29 is 14.3 Å². The number of aromatic nitrogens is 3. The predicted octanol–water partition coefficient (Wildman–Crippen LogP) is 2.43. The van der Waals surface area contributed by atoms with Gasteiger partial charge in [-0.3, -0.25) is 14.3 Å². The maximum absolute atomic E-state index is 11.7. The lowest BCUT2D eigenvalue weighted by atomic mass is 10.2. The van der Waals surface area contributed by atoms with E-state index in [2.05, 4.69) is 14.7 Å². The van der Waals surface area contributed by atoms with E-state index < -0.39 is 11.9 Å². The van der Waals surface area contributed by atoms with Crippen LogP contribution in [-0.4, -0.2) is 26.5 Å². The molecule has 0 radical (unpaired) electrons. The van der Waals surface area contributed by atoms with Crippen molar-refractivity contribution in [2.75, 3.05) is 0 Å². The lowest BCUT2D eigenvalue weighted by molar-refractivity contribution is -0.135. The molecule has 3 rings (SSSR count). The van der Waals surface area contributed by atoms with Crippen LogP contribution in [0.25, 0.3) is 16.7 Å². The molecule has 2 aromatic heterocycles. The Bertz CT molecular complexity index is 866. The number of imidazole rings is 1. The van der Waals surface area contributed by atoms with E-state index in [1.165, 1.54) is 6.92 Å². The molecule has 0 N–H and O–H groups in total. The molecule has 0 amide bonds. The number of rotatable bonds is 2. The second-order valence-corrected chi connectivity index (χ2v) is 4.79. The summed E-state index contributed by atoms with van der Waals surface area (Å²) in [6.45, 7) is 3.10. The van der Waals surface area contributed by atoms with E-state index in [4.69, 9.17) is 0 Å². The smallest absolute Gasteiger partial charge is 0.345 e. The van der Waals surface area contributed by atoms with Gasteiger partial charge in [-0.15, -0.1) is 0 Å². The second-order valence-electron chi connectivity index (χ2n) is 4.79. The molecule has 0 aliphatic heterocycles. The van der Waals surface area contributed by atoms with Crippen molar-refractivity contribution >= 4 is 23.0 Å². The number of carbonyl (C=O) groups excluding carboxylic acids is 2. The van der Waals surface area contributed by atoms with Gasteiger partial charge in [0.25, 0.3) is 0 Å². The van der Waals surface area contributed by atoms with Crippen LogP contribution in [0.15, 0.2) is 42.7 Å². The number of carbonyl (C=O) groups is 2. The van der Waals surface area contributed by atoms with Crippen LogP contribution in [0.4, 0.5) is 0 Å². The average Bonchev–Trinajstić information content (AvgIpc) is 2.82. The Balaban J connectivity index is 2.00. The van der Waals surface area contributed by atoms with E-state index in [9.17, 15) is 9.59 Å². The summed E-state index contributed by atoms with van der Waals surface area (Å²) < 4.78 is 6.52. The van der Waals surface area contributed by atoms with Gasteiger partial charge in [-0.05, 0) is 37.3 Å². The van der Waals surface area contributed by atoms with Crippen LogP contribution in [-0.2, 0) is 9.53 Å². The van der Waals surface area contributed by atoms with Crippen LogP contribution >= 0.6 is 0 Å². The number of ether oxygens (including phenoxy) is 1. The standard InChI is InChI=1S/C16H13N3O3/c1-10-18-14-9-17-8-7-15(14)19(10)13-5-3-12(4-6-13)16(21)22-11(2)20/h3-9H,1-2H3. The molecule has 22 heavy (non-hydrogen) atoms. The Labute approximate surface area is 126 Å². The Morgan fingerprint density at radius 1 is 1.14 bits per heavy atom. The van der Waals surface area contributed by atoms with E-state index >= 15 is 0 Å². The van der Waals surface area contributed by atoms with Crippen molar-refractivity contribution in [1.82, 2.24) is 14.5 Å². The number of hydrogen-bond donors (Lipinski definition) is 0. The maximum Gasteiger partial charge on any atom is 0.345 e. The molecule has 6 heteroatoms. The lowest BCUT2D eigenvalue weighted by Gasteiger charge is -2.07. The Hall–Kier alpha value is -3.02. The zero-order valence-electron chi connectivity index (χ0n) is 12.1. The fourth-order valence-electron chi connectivity index (χ4n) is 2.31. The number of esters is 2. The highest BCUT2D eigenvalue weighted by molar-refractivity contribution is 5.96. The maximum atomic E-state index is 11.7. The van der Waals surface area contributed by atoms with Gasteiger partial charge in [0.15, 0.2) is 0 Å². The lowest BCUT2D eigenvalue weighted by Crippen LogP contribution is -2.09. The molecule has 0 saturated carbocycles. The summed E-state index contributed by atoms with van der Waals surface area (Å²) in [6.07, 6.45) is 3.41. The van der Waals surface area contributed by atoms with Crippen LogP contribution in [0.5, 0.6) is 0 Å². The van der Waals surface area contributed by atoms with Gasteiger partial charge in [-0.1, -0.05) is 0 Å². The van der Waals surface area contributed by atoms with Crippen molar-refractivity contribution in [2.45, 2.75) is 13.8 Å². The summed E-state index contributed by atoms with van der Waals surface area (Å²) in [5.74, 6) is -0.462. The largest absolute Gasteiger partial charge is 0.390 e. The molecule has 0 atom stereocenters. The van der Waals surface area contributed by atoms with Gasteiger partial charge in [0, 0.05) is 18.8 Å². The number of hydrogen-bond acceptors (Lipinski definition) is 5. The number of fused-ring (bicyclic) bond motifs is 1. The van der Waals surface area contributed by atoms with Gasteiger partial charge in [-0.2, -0.15) is 0 Å². The monoisotopic (exact) mass is 295 g/mol. The van der Waals surface area contributed by atoms with E-state index in [0.717, 1.165) is 22.5 Å². The van der Waals surface area contributed by atoms with E-state index in [1.807, 2.05) is 17.6 Å². The number of aryl methyl sites for hydroxylation is 1. The van der Waals surface area contributed by atoms with E-state index in [0.29, 0.717) is 5.56 Å². The Morgan fingerprint density at radius 3 is 2.55 bits per heavy atom. The molecule has 0 unspecified atom stereocenters. The van der Waals surface area contributed by atoms with E-state index in [-0.39, 0.29) is 0 Å². The summed E-state index contributed by atoms with van der Waals surface area (Å²) in [6, 6.07) is 8.68. The minimum Gasteiger partial charge on any atom is -0.390 e. The van der Waals surface area contributed by atoms with Gasteiger partial charge >= 0.3 is 11.9 Å². The number of benzene rings is 1. The van der Waals surface area contributed by atoms with Crippen LogP contribution in [0.2, 0.25) is 0 Å². The van der Waals surface area contributed by atoms with Gasteiger partial charge in [0.2, 0.25) is 0 Å². The van der Waals surface area contributed by atoms with Crippen molar-refractivity contribution in [3.63, 3.8) is 0 Å². The van der Waals surface area contributed by atoms with Gasteiger partial charge in [-0.25, -0.2) is 9.78 Å². The first kappa shape index (κ1) is 13.9. The summed E-state index contributed by atoms with van der Waals surface area (Å²) in [5, 5.41) is 0. The SMILES string of the molecule is CC(=O)OC(=O)c1ccc(-n2c(C)nc3cnccc32)cc1. The zero-order valence-corrected chi connectivity index (χ0v) is 12.1.